The van der Waals surface area contributed by atoms with Crippen LogP contribution in [0.3, 0.4) is 0 Å². The van der Waals surface area contributed by atoms with Crippen molar-refractivity contribution in [3.05, 3.63) is 102 Å². The highest BCUT2D eigenvalue weighted by molar-refractivity contribution is 5.94. The summed E-state index contributed by atoms with van der Waals surface area (Å²) in [6, 6.07) is 14.3. The first-order valence-electron chi connectivity index (χ1n) is 12.0. The molecule has 0 spiro atoms. The van der Waals surface area contributed by atoms with Crippen LogP contribution < -0.4 is 0 Å². The number of hydrogen-bond donors (Lipinski definition) is 0. The number of benzene rings is 2. The monoisotopic (exact) mass is 448 g/mol. The first kappa shape index (κ1) is 22.2. The summed E-state index contributed by atoms with van der Waals surface area (Å²) in [7, 11) is 0. The van der Waals surface area contributed by atoms with Crippen LogP contribution in [0.15, 0.2) is 77.8 Å². The predicted octanol–water partition coefficient (Wildman–Crippen LogP) is 7.68. The highest BCUT2D eigenvalue weighted by Gasteiger charge is 2.24. The van der Waals surface area contributed by atoms with Gasteiger partial charge in [-0.05, 0) is 64.2 Å². The van der Waals surface area contributed by atoms with Crippen LogP contribution in [0.2, 0.25) is 0 Å². The number of rotatable bonds is 4. The molecule has 0 saturated carbocycles. The van der Waals surface area contributed by atoms with Crippen LogP contribution in [0, 0.1) is 12.0 Å². The first-order chi connectivity index (χ1) is 16.2. The van der Waals surface area contributed by atoms with E-state index in [0.717, 1.165) is 40.1 Å². The Morgan fingerprint density at radius 3 is 2.68 bits per heavy atom. The minimum atomic E-state index is 0.0235. The van der Waals surface area contributed by atoms with E-state index >= 15 is 0 Å². The molecule has 0 aliphatic carbocycles. The summed E-state index contributed by atoms with van der Waals surface area (Å²) in [5.41, 5.74) is 6.70. The topological polar surface area (TPSA) is 27.2 Å². The fourth-order valence-corrected chi connectivity index (χ4v) is 4.83. The highest BCUT2D eigenvalue weighted by atomic mass is 16.3. The molecule has 34 heavy (non-hydrogen) atoms. The lowest BCUT2D eigenvalue weighted by molar-refractivity contribution is -0.417. The molecule has 0 bridgehead atoms. The smallest absolute Gasteiger partial charge is 0.295 e. The van der Waals surface area contributed by atoms with Gasteiger partial charge >= 0.3 is 0 Å². The predicted molar refractivity (Wildman–Crippen MR) is 142 cm³/mol. The Hall–Kier alpha value is -3.59. The molecule has 0 radical (unpaired) electrons. The van der Waals surface area contributed by atoms with Crippen LogP contribution in [-0.4, -0.2) is 16.3 Å². The van der Waals surface area contributed by atoms with E-state index in [0.29, 0.717) is 5.92 Å². The Morgan fingerprint density at radius 2 is 1.91 bits per heavy atom. The number of aromatic nitrogens is 1. The lowest BCUT2D eigenvalue weighted by Gasteiger charge is -2.27. The van der Waals surface area contributed by atoms with Gasteiger partial charge in [-0.2, -0.15) is 0 Å². The first-order valence-corrected chi connectivity index (χ1v) is 12.0. The third-order valence-electron chi connectivity index (χ3n) is 6.50. The van der Waals surface area contributed by atoms with Gasteiger partial charge in [-0.1, -0.05) is 82.2 Å². The van der Waals surface area contributed by atoms with Crippen molar-refractivity contribution >= 4 is 34.0 Å². The van der Waals surface area contributed by atoms with E-state index in [1.807, 2.05) is 29.4 Å². The minimum absolute atomic E-state index is 0.0235. The maximum absolute atomic E-state index is 6.07. The maximum Gasteiger partial charge on any atom is 0.295 e. The molecule has 0 N–H and O–H groups in total. The van der Waals surface area contributed by atoms with Gasteiger partial charge in [0.05, 0.1) is 6.72 Å². The second kappa shape index (κ2) is 8.32. The Bertz CT molecular complexity index is 1460. The van der Waals surface area contributed by atoms with Crippen molar-refractivity contribution in [3.8, 4) is 0 Å². The third-order valence-corrected chi connectivity index (χ3v) is 6.50. The Morgan fingerprint density at radius 1 is 1.12 bits per heavy atom. The molecule has 3 heteroatoms. The summed E-state index contributed by atoms with van der Waals surface area (Å²) < 4.78 is 8.01. The molecule has 0 amide bonds. The zero-order chi connectivity index (χ0) is 24.0. The second-order valence-corrected chi connectivity index (χ2v) is 10.7. The van der Waals surface area contributed by atoms with Gasteiger partial charge in [-0.25, -0.2) is 0 Å². The van der Waals surface area contributed by atoms with E-state index in [2.05, 4.69) is 94.9 Å². The zero-order valence-corrected chi connectivity index (χ0v) is 20.7. The van der Waals surface area contributed by atoms with Gasteiger partial charge in [0.2, 0.25) is 6.26 Å². The van der Waals surface area contributed by atoms with Crippen molar-refractivity contribution < 1.29 is 8.99 Å². The van der Waals surface area contributed by atoms with Gasteiger partial charge in [0.15, 0.2) is 0 Å². The lowest BCUT2D eigenvalue weighted by atomic mass is 9.81. The SMILES string of the molecule is C=[N+]1C=CC(c2cncc3c(CC(C)C)c[o+][c-]23)=C[C-]1c1cc(C(C)(C)C)c2ccccc2c1. The summed E-state index contributed by atoms with van der Waals surface area (Å²) in [6.07, 6.45) is 13.0. The van der Waals surface area contributed by atoms with Gasteiger partial charge in [0, 0.05) is 10.9 Å². The average molecular weight is 449 g/mol. The summed E-state index contributed by atoms with van der Waals surface area (Å²) >= 11 is 0. The van der Waals surface area contributed by atoms with Crippen LogP contribution in [-0.2, 0) is 11.8 Å². The molecule has 0 atom stereocenters. The number of allylic oxidation sites excluding steroid dienone is 2. The minimum Gasteiger partial charge on any atom is -0.327 e. The summed E-state index contributed by atoms with van der Waals surface area (Å²) in [5, 5.41) is 3.64. The number of furan rings is 1. The van der Waals surface area contributed by atoms with Crippen molar-refractivity contribution in [1.29, 1.82) is 0 Å². The fourth-order valence-electron chi connectivity index (χ4n) is 4.83. The summed E-state index contributed by atoms with van der Waals surface area (Å²) in [4.78, 5) is 4.56. The normalized spacial score (nSPS) is 14.5. The van der Waals surface area contributed by atoms with E-state index in [-0.39, 0.29) is 5.41 Å². The molecule has 5 rings (SSSR count). The molecule has 0 saturated heterocycles. The van der Waals surface area contributed by atoms with Crippen LogP contribution >= 0.6 is 0 Å². The number of fused-ring (bicyclic) bond motifs is 2. The van der Waals surface area contributed by atoms with Crippen LogP contribution in [0.1, 0.15) is 56.9 Å². The van der Waals surface area contributed by atoms with Crippen LogP contribution in [0.4, 0.5) is 0 Å². The number of hydrogen-bond acceptors (Lipinski definition) is 1. The van der Waals surface area contributed by atoms with Crippen molar-refractivity contribution in [2.24, 2.45) is 5.92 Å². The van der Waals surface area contributed by atoms with Gasteiger partial charge in [-0.15, -0.1) is 0 Å². The van der Waals surface area contributed by atoms with Crippen LogP contribution in [0.25, 0.3) is 27.3 Å². The Labute approximate surface area is 202 Å². The molecule has 2 aromatic heterocycles. The third kappa shape index (κ3) is 3.96. The molecule has 0 fully saturated rings. The zero-order valence-electron chi connectivity index (χ0n) is 20.7. The quantitative estimate of drug-likeness (QED) is 0.182. The number of pyridine rings is 1. The molecule has 1 aliphatic heterocycles. The molecule has 3 heterocycles. The Balaban J connectivity index is 1.63. The fraction of sp³-hybridized carbons (Fsp3) is 0.258. The van der Waals surface area contributed by atoms with E-state index in [1.54, 1.807) is 0 Å². The van der Waals surface area contributed by atoms with E-state index in [1.165, 1.54) is 21.9 Å². The largest absolute Gasteiger partial charge is 0.327 e. The molecular formula is C31H32N2O. The second-order valence-electron chi connectivity index (χ2n) is 10.7. The Kier molecular flexibility index (Phi) is 5.44. The van der Waals surface area contributed by atoms with Crippen LogP contribution in [0.5, 0.6) is 0 Å². The maximum atomic E-state index is 6.07. The van der Waals surface area contributed by atoms with Crippen molar-refractivity contribution in [1.82, 2.24) is 4.98 Å². The van der Waals surface area contributed by atoms with Gasteiger partial charge in [0.25, 0.3) is 5.58 Å². The molecule has 0 unspecified atom stereocenters. The van der Waals surface area contributed by atoms with Gasteiger partial charge in [-0.3, -0.25) is 8.99 Å². The molecule has 1 aliphatic rings. The molecule has 3 nitrogen and oxygen atoms in total. The molecule has 2 aromatic carbocycles. The van der Waals surface area contributed by atoms with Crippen molar-refractivity contribution in [3.63, 3.8) is 0 Å². The summed E-state index contributed by atoms with van der Waals surface area (Å²) in [6.45, 7) is 15.5. The highest BCUT2D eigenvalue weighted by Crippen LogP contribution is 2.37. The molecule has 172 valence electrons. The van der Waals surface area contributed by atoms with Gasteiger partial charge < -0.3 is 4.98 Å². The molecule has 4 aromatic rings. The van der Waals surface area contributed by atoms with E-state index in [4.69, 9.17) is 4.42 Å². The standard InChI is InChI=1S/C31H32N2O/c1-20(2)13-24-19-34-30-26(17-32-18-27(24)30)22-11-12-33(6)29(16-22)23-14-21-9-7-8-10-25(21)28(15-23)31(3,4)5/h7-12,14-20H,6,13H2,1-5H3. The summed E-state index contributed by atoms with van der Waals surface area (Å²) in [5.74, 6) is 0.558. The van der Waals surface area contributed by atoms with Crippen molar-refractivity contribution in [2.75, 3.05) is 0 Å². The lowest BCUT2D eigenvalue weighted by Crippen LogP contribution is -2.17. The molecular weight excluding hydrogens is 416 g/mol. The van der Waals surface area contributed by atoms with E-state index < -0.39 is 0 Å². The average Bonchev–Trinajstić information content (AvgIpc) is 3.20. The van der Waals surface area contributed by atoms with Gasteiger partial charge in [0.1, 0.15) is 12.2 Å². The number of nitrogens with zero attached hydrogens (tertiary/aromatic N) is 2. The van der Waals surface area contributed by atoms with E-state index in [9.17, 15) is 0 Å². The van der Waals surface area contributed by atoms with Crippen molar-refractivity contribution in [2.45, 2.75) is 46.5 Å².